The second-order valence-electron chi connectivity index (χ2n) is 4.56. The molecule has 2 aromatic carbocycles. The number of hydrogen-bond donors (Lipinski definition) is 2. The van der Waals surface area contributed by atoms with Gasteiger partial charge in [0, 0.05) is 9.26 Å². The van der Waals surface area contributed by atoms with Crippen molar-refractivity contribution in [1.82, 2.24) is 4.72 Å². The molecule has 0 aliphatic heterocycles. The zero-order valence-electron chi connectivity index (χ0n) is 12.2. The third kappa shape index (κ3) is 5.19. The van der Waals surface area contributed by atoms with Crippen molar-refractivity contribution < 1.29 is 17.9 Å². The summed E-state index contributed by atoms with van der Waals surface area (Å²) in [6.45, 7) is -0.347. The molecule has 122 valence electrons. The summed E-state index contributed by atoms with van der Waals surface area (Å²) in [6.07, 6.45) is 0. The molecule has 2 rings (SSSR count). The van der Waals surface area contributed by atoms with Crippen LogP contribution in [-0.2, 0) is 14.8 Å². The molecular formula is C15H15IN2O4S. The predicted octanol–water partition coefficient (Wildman–Crippen LogP) is 2.22. The van der Waals surface area contributed by atoms with E-state index in [1.54, 1.807) is 30.3 Å². The van der Waals surface area contributed by atoms with Crippen LogP contribution >= 0.6 is 22.6 Å². The molecular weight excluding hydrogens is 431 g/mol. The van der Waals surface area contributed by atoms with Crippen molar-refractivity contribution in [2.75, 3.05) is 19.0 Å². The van der Waals surface area contributed by atoms with Crippen molar-refractivity contribution in [3.05, 3.63) is 52.1 Å². The Bertz CT molecular complexity index is 791. The molecule has 0 unspecified atom stereocenters. The fraction of sp³-hybridized carbons (Fsp3) is 0.133. The average molecular weight is 446 g/mol. The summed E-state index contributed by atoms with van der Waals surface area (Å²) in [7, 11) is -2.25. The molecule has 0 atom stereocenters. The summed E-state index contributed by atoms with van der Waals surface area (Å²) in [5.74, 6) is 0.115. The Hall–Kier alpha value is -1.65. The topological polar surface area (TPSA) is 84.5 Å². The molecule has 0 aliphatic carbocycles. The van der Waals surface area contributed by atoms with E-state index in [4.69, 9.17) is 4.74 Å². The van der Waals surface area contributed by atoms with Crippen LogP contribution in [0.15, 0.2) is 53.4 Å². The smallest absolute Gasteiger partial charge is 0.241 e. The van der Waals surface area contributed by atoms with Crippen LogP contribution in [0.5, 0.6) is 5.75 Å². The van der Waals surface area contributed by atoms with Crippen molar-refractivity contribution in [2.45, 2.75) is 4.90 Å². The molecule has 8 heteroatoms. The normalized spacial score (nSPS) is 11.0. The molecule has 0 radical (unpaired) electrons. The van der Waals surface area contributed by atoms with E-state index in [1.165, 1.54) is 19.2 Å². The Morgan fingerprint density at radius 2 is 1.87 bits per heavy atom. The molecule has 23 heavy (non-hydrogen) atoms. The van der Waals surface area contributed by atoms with E-state index in [2.05, 4.69) is 32.6 Å². The third-order valence-electron chi connectivity index (χ3n) is 2.90. The second kappa shape index (κ2) is 7.75. The van der Waals surface area contributed by atoms with Crippen LogP contribution in [-0.4, -0.2) is 28.0 Å². The fourth-order valence-electron chi connectivity index (χ4n) is 1.77. The number of ether oxygens (including phenoxy) is 1. The molecule has 1 amide bonds. The maximum atomic E-state index is 12.1. The first-order valence-electron chi connectivity index (χ1n) is 6.60. The minimum Gasteiger partial charge on any atom is -0.497 e. The first-order valence-corrected chi connectivity index (χ1v) is 9.16. The first kappa shape index (κ1) is 17.7. The Morgan fingerprint density at radius 1 is 1.17 bits per heavy atom. The van der Waals surface area contributed by atoms with Crippen LogP contribution in [0, 0.1) is 3.57 Å². The van der Waals surface area contributed by atoms with Gasteiger partial charge in [-0.2, -0.15) is 0 Å². The van der Waals surface area contributed by atoms with Gasteiger partial charge in [-0.15, -0.1) is 0 Å². The van der Waals surface area contributed by atoms with Gasteiger partial charge in [-0.05, 0) is 65.1 Å². The van der Waals surface area contributed by atoms with E-state index >= 15 is 0 Å². The largest absolute Gasteiger partial charge is 0.497 e. The van der Waals surface area contributed by atoms with Crippen LogP contribution in [0.1, 0.15) is 0 Å². The molecule has 0 saturated heterocycles. The maximum Gasteiger partial charge on any atom is 0.241 e. The SMILES string of the molecule is COc1ccc(S(=O)(=O)NCC(=O)Nc2cccc(I)c2)cc1. The van der Waals surface area contributed by atoms with Crippen LogP contribution in [0.25, 0.3) is 0 Å². The van der Waals surface area contributed by atoms with Crippen molar-refractivity contribution in [3.8, 4) is 5.75 Å². The lowest BCUT2D eigenvalue weighted by Gasteiger charge is -2.08. The van der Waals surface area contributed by atoms with Crippen LogP contribution in [0.2, 0.25) is 0 Å². The number of rotatable bonds is 6. The van der Waals surface area contributed by atoms with Gasteiger partial charge >= 0.3 is 0 Å². The highest BCUT2D eigenvalue weighted by Gasteiger charge is 2.15. The van der Waals surface area contributed by atoms with Gasteiger partial charge in [0.25, 0.3) is 0 Å². The minimum absolute atomic E-state index is 0.0698. The van der Waals surface area contributed by atoms with Gasteiger partial charge in [0.2, 0.25) is 15.9 Å². The lowest BCUT2D eigenvalue weighted by atomic mass is 10.3. The average Bonchev–Trinajstić information content (AvgIpc) is 2.53. The summed E-state index contributed by atoms with van der Waals surface area (Å²) in [5, 5.41) is 2.63. The van der Waals surface area contributed by atoms with Gasteiger partial charge in [0.15, 0.2) is 0 Å². The van der Waals surface area contributed by atoms with Crippen molar-refractivity contribution in [3.63, 3.8) is 0 Å². The van der Waals surface area contributed by atoms with Gasteiger partial charge in [-0.25, -0.2) is 13.1 Å². The molecule has 2 N–H and O–H groups in total. The van der Waals surface area contributed by atoms with Gasteiger partial charge in [0.05, 0.1) is 18.6 Å². The lowest BCUT2D eigenvalue weighted by molar-refractivity contribution is -0.115. The van der Waals surface area contributed by atoms with Gasteiger partial charge < -0.3 is 10.1 Å². The van der Waals surface area contributed by atoms with Crippen LogP contribution in [0.4, 0.5) is 5.69 Å². The van der Waals surface area contributed by atoms with E-state index in [9.17, 15) is 13.2 Å². The minimum atomic E-state index is -3.75. The van der Waals surface area contributed by atoms with E-state index in [1.807, 2.05) is 6.07 Å². The number of benzene rings is 2. The van der Waals surface area contributed by atoms with Crippen LogP contribution in [0.3, 0.4) is 0 Å². The third-order valence-corrected chi connectivity index (χ3v) is 4.99. The number of methoxy groups -OCH3 is 1. The number of sulfonamides is 1. The second-order valence-corrected chi connectivity index (χ2v) is 7.57. The maximum absolute atomic E-state index is 12.1. The number of nitrogens with one attached hydrogen (secondary N) is 2. The molecule has 6 nitrogen and oxygen atoms in total. The summed E-state index contributed by atoms with van der Waals surface area (Å²) in [6, 6.07) is 13.1. The molecule has 2 aromatic rings. The van der Waals surface area contributed by atoms with E-state index in [-0.39, 0.29) is 11.4 Å². The van der Waals surface area contributed by atoms with E-state index in [0.717, 1.165) is 3.57 Å². The lowest BCUT2D eigenvalue weighted by Crippen LogP contribution is -2.32. The highest BCUT2D eigenvalue weighted by molar-refractivity contribution is 14.1. The quantitative estimate of drug-likeness (QED) is 0.667. The van der Waals surface area contributed by atoms with E-state index in [0.29, 0.717) is 11.4 Å². The highest BCUT2D eigenvalue weighted by Crippen LogP contribution is 2.15. The number of anilines is 1. The Balaban J connectivity index is 1.96. The Labute approximate surface area is 148 Å². The van der Waals surface area contributed by atoms with Crippen LogP contribution < -0.4 is 14.8 Å². The summed E-state index contributed by atoms with van der Waals surface area (Å²) < 4.78 is 32.4. The number of carbonyl (C=O) groups is 1. The van der Waals surface area contributed by atoms with Gasteiger partial charge in [-0.3, -0.25) is 4.79 Å². The number of hydrogen-bond acceptors (Lipinski definition) is 4. The molecule has 0 bridgehead atoms. The predicted molar refractivity (Wildman–Crippen MR) is 96.0 cm³/mol. The summed E-state index contributed by atoms with van der Waals surface area (Å²) in [4.78, 5) is 11.9. The number of carbonyl (C=O) groups excluding carboxylic acids is 1. The molecule has 0 spiro atoms. The Kier molecular flexibility index (Phi) is 5.97. The number of amides is 1. The summed E-state index contributed by atoms with van der Waals surface area (Å²) in [5.41, 5.74) is 0.616. The fourth-order valence-corrected chi connectivity index (χ4v) is 3.30. The van der Waals surface area contributed by atoms with E-state index < -0.39 is 15.9 Å². The molecule has 0 aromatic heterocycles. The molecule has 0 heterocycles. The van der Waals surface area contributed by atoms with Gasteiger partial charge in [0.1, 0.15) is 5.75 Å². The zero-order chi connectivity index (χ0) is 16.9. The zero-order valence-corrected chi connectivity index (χ0v) is 15.2. The van der Waals surface area contributed by atoms with Crippen molar-refractivity contribution >= 4 is 44.2 Å². The Morgan fingerprint density at radius 3 is 2.48 bits per heavy atom. The molecule has 0 aliphatic rings. The van der Waals surface area contributed by atoms with Crippen molar-refractivity contribution in [1.29, 1.82) is 0 Å². The molecule has 0 fully saturated rings. The standard InChI is InChI=1S/C15H15IN2O4S/c1-22-13-5-7-14(8-6-13)23(20,21)17-10-15(19)18-12-4-2-3-11(16)9-12/h2-9,17H,10H2,1H3,(H,18,19). The monoisotopic (exact) mass is 446 g/mol. The molecule has 0 saturated carbocycles. The first-order chi connectivity index (χ1) is 10.9. The van der Waals surface area contributed by atoms with Crippen molar-refractivity contribution in [2.24, 2.45) is 0 Å². The van der Waals surface area contributed by atoms with Gasteiger partial charge in [-0.1, -0.05) is 6.07 Å². The highest BCUT2D eigenvalue weighted by atomic mass is 127. The summed E-state index contributed by atoms with van der Waals surface area (Å²) >= 11 is 2.13. The number of halogens is 1.